The molecule has 98 valence electrons. The van der Waals surface area contributed by atoms with E-state index in [4.69, 9.17) is 17.3 Å². The molecule has 0 saturated carbocycles. The van der Waals surface area contributed by atoms with E-state index in [2.05, 4.69) is 10.6 Å². The molecule has 3 rings (SSSR count). The zero-order chi connectivity index (χ0) is 14.1. The van der Waals surface area contributed by atoms with Crippen molar-refractivity contribution >= 4 is 28.2 Å². The van der Waals surface area contributed by atoms with E-state index < -0.39 is 0 Å². The Morgan fingerprint density at radius 2 is 1.90 bits per heavy atom. The van der Waals surface area contributed by atoms with Crippen LogP contribution < -0.4 is 5.73 Å². The minimum atomic E-state index is 0.640. The third-order valence-corrected chi connectivity index (χ3v) is 3.54. The van der Waals surface area contributed by atoms with Crippen LogP contribution in [0, 0.1) is 11.3 Å². The largest absolute Gasteiger partial charge is 0.399 e. The third kappa shape index (κ3) is 2.22. The molecule has 0 unspecified atom stereocenters. The Hall–Kier alpha value is -2.44. The SMILES string of the molecule is N#Cc1cn(Cc2ccc(Cl)cc2)c2ccc(N)cc12. The summed E-state index contributed by atoms with van der Waals surface area (Å²) in [6.45, 7) is 0.694. The van der Waals surface area contributed by atoms with Crippen LogP contribution in [-0.2, 0) is 6.54 Å². The van der Waals surface area contributed by atoms with Gasteiger partial charge in [-0.1, -0.05) is 23.7 Å². The van der Waals surface area contributed by atoms with E-state index in [0.717, 1.165) is 21.5 Å². The Morgan fingerprint density at radius 3 is 2.60 bits per heavy atom. The molecule has 0 amide bonds. The number of nitrogen functional groups attached to an aromatic ring is 1. The van der Waals surface area contributed by atoms with E-state index in [1.165, 1.54) is 0 Å². The van der Waals surface area contributed by atoms with Crippen molar-refractivity contribution in [1.29, 1.82) is 5.26 Å². The first-order valence-electron chi connectivity index (χ1n) is 6.20. The first-order chi connectivity index (χ1) is 9.67. The molecule has 3 nitrogen and oxygen atoms in total. The van der Waals surface area contributed by atoms with Crippen molar-refractivity contribution in [2.45, 2.75) is 6.54 Å². The van der Waals surface area contributed by atoms with Gasteiger partial charge in [0.25, 0.3) is 0 Å². The number of aromatic nitrogens is 1. The van der Waals surface area contributed by atoms with E-state index in [1.807, 2.05) is 48.7 Å². The highest BCUT2D eigenvalue weighted by atomic mass is 35.5. The zero-order valence-electron chi connectivity index (χ0n) is 10.7. The first-order valence-corrected chi connectivity index (χ1v) is 6.58. The molecule has 0 saturated heterocycles. The van der Waals surface area contributed by atoms with Gasteiger partial charge in [-0.05, 0) is 35.9 Å². The summed E-state index contributed by atoms with van der Waals surface area (Å²) in [5.41, 5.74) is 9.24. The van der Waals surface area contributed by atoms with E-state index in [9.17, 15) is 5.26 Å². The van der Waals surface area contributed by atoms with Crippen LogP contribution in [0.15, 0.2) is 48.7 Å². The highest BCUT2D eigenvalue weighted by molar-refractivity contribution is 6.30. The summed E-state index contributed by atoms with van der Waals surface area (Å²) >= 11 is 5.89. The van der Waals surface area contributed by atoms with Crippen LogP contribution in [0.2, 0.25) is 5.02 Å². The fourth-order valence-electron chi connectivity index (χ4n) is 2.32. The molecule has 4 heteroatoms. The van der Waals surface area contributed by atoms with Gasteiger partial charge in [-0.25, -0.2) is 0 Å². The number of rotatable bonds is 2. The van der Waals surface area contributed by atoms with Crippen molar-refractivity contribution in [2.24, 2.45) is 0 Å². The molecule has 0 aliphatic rings. The number of hydrogen-bond donors (Lipinski definition) is 1. The average Bonchev–Trinajstić information content (AvgIpc) is 2.78. The highest BCUT2D eigenvalue weighted by Crippen LogP contribution is 2.24. The quantitative estimate of drug-likeness (QED) is 0.727. The number of nitrogens with zero attached hydrogens (tertiary/aromatic N) is 2. The van der Waals surface area contributed by atoms with Gasteiger partial charge in [-0.2, -0.15) is 5.26 Å². The predicted molar refractivity (Wildman–Crippen MR) is 81.6 cm³/mol. The fraction of sp³-hybridized carbons (Fsp3) is 0.0625. The van der Waals surface area contributed by atoms with Crippen LogP contribution in [-0.4, -0.2) is 4.57 Å². The first kappa shape index (κ1) is 12.6. The number of fused-ring (bicyclic) bond motifs is 1. The molecule has 3 aromatic rings. The van der Waals surface area contributed by atoms with Crippen LogP contribution in [0.1, 0.15) is 11.1 Å². The van der Waals surface area contributed by atoms with Gasteiger partial charge in [0.15, 0.2) is 0 Å². The van der Waals surface area contributed by atoms with E-state index in [-0.39, 0.29) is 0 Å². The van der Waals surface area contributed by atoms with Crippen molar-refractivity contribution in [1.82, 2.24) is 4.57 Å². The van der Waals surface area contributed by atoms with Crippen LogP contribution >= 0.6 is 11.6 Å². The predicted octanol–water partition coefficient (Wildman–Crippen LogP) is 3.80. The van der Waals surface area contributed by atoms with Crippen LogP contribution in [0.3, 0.4) is 0 Å². The lowest BCUT2D eigenvalue weighted by Gasteiger charge is -2.06. The summed E-state index contributed by atoms with van der Waals surface area (Å²) in [6, 6.07) is 15.6. The van der Waals surface area contributed by atoms with E-state index in [1.54, 1.807) is 0 Å². The maximum absolute atomic E-state index is 9.22. The van der Waals surface area contributed by atoms with Crippen molar-refractivity contribution < 1.29 is 0 Å². The van der Waals surface area contributed by atoms with Crippen molar-refractivity contribution in [3.8, 4) is 6.07 Å². The Kier molecular flexibility index (Phi) is 3.09. The topological polar surface area (TPSA) is 54.7 Å². The maximum atomic E-state index is 9.22. The summed E-state index contributed by atoms with van der Waals surface area (Å²) in [5.74, 6) is 0. The standard InChI is InChI=1S/C16H12ClN3/c17-13-3-1-11(2-4-13)9-20-10-12(8-18)15-7-14(19)5-6-16(15)20/h1-7,10H,9,19H2. The van der Waals surface area contributed by atoms with Crippen molar-refractivity contribution in [3.63, 3.8) is 0 Å². The molecule has 0 aliphatic carbocycles. The lowest BCUT2D eigenvalue weighted by molar-refractivity contribution is 0.836. The van der Waals surface area contributed by atoms with Crippen LogP contribution in [0.5, 0.6) is 0 Å². The fourth-order valence-corrected chi connectivity index (χ4v) is 2.45. The number of halogens is 1. The van der Waals surface area contributed by atoms with Gasteiger partial charge in [0.05, 0.1) is 5.56 Å². The van der Waals surface area contributed by atoms with E-state index >= 15 is 0 Å². The minimum Gasteiger partial charge on any atom is -0.399 e. The summed E-state index contributed by atoms with van der Waals surface area (Å²) in [6.07, 6.45) is 1.86. The monoisotopic (exact) mass is 281 g/mol. The van der Waals surface area contributed by atoms with Gasteiger partial charge in [0.1, 0.15) is 6.07 Å². The molecule has 2 N–H and O–H groups in total. The van der Waals surface area contributed by atoms with Crippen molar-refractivity contribution in [2.75, 3.05) is 5.73 Å². The molecule has 20 heavy (non-hydrogen) atoms. The molecule has 0 aliphatic heterocycles. The van der Waals surface area contributed by atoms with Gasteiger partial charge in [0, 0.05) is 34.4 Å². The summed E-state index contributed by atoms with van der Waals surface area (Å²) in [7, 11) is 0. The smallest absolute Gasteiger partial charge is 0.101 e. The van der Waals surface area contributed by atoms with Gasteiger partial charge in [-0.3, -0.25) is 0 Å². The summed E-state index contributed by atoms with van der Waals surface area (Å²) in [4.78, 5) is 0. The van der Waals surface area contributed by atoms with Crippen LogP contribution in [0.25, 0.3) is 10.9 Å². The number of benzene rings is 2. The molecular weight excluding hydrogens is 270 g/mol. The molecule has 0 radical (unpaired) electrons. The average molecular weight is 282 g/mol. The Balaban J connectivity index is 2.08. The van der Waals surface area contributed by atoms with Gasteiger partial charge in [0.2, 0.25) is 0 Å². The Labute approximate surface area is 121 Å². The second kappa shape index (κ2) is 4.92. The third-order valence-electron chi connectivity index (χ3n) is 3.29. The van der Waals surface area contributed by atoms with Gasteiger partial charge >= 0.3 is 0 Å². The minimum absolute atomic E-state index is 0.640. The molecule has 1 aromatic heterocycles. The summed E-state index contributed by atoms with van der Waals surface area (Å²) < 4.78 is 2.05. The number of nitriles is 1. The second-order valence-electron chi connectivity index (χ2n) is 4.69. The molecule has 0 bridgehead atoms. The van der Waals surface area contributed by atoms with E-state index in [0.29, 0.717) is 17.8 Å². The zero-order valence-corrected chi connectivity index (χ0v) is 11.4. The molecular formula is C16H12ClN3. The van der Waals surface area contributed by atoms with Gasteiger partial charge < -0.3 is 10.3 Å². The van der Waals surface area contributed by atoms with Crippen LogP contribution in [0.4, 0.5) is 5.69 Å². The maximum Gasteiger partial charge on any atom is 0.101 e. The normalized spacial score (nSPS) is 10.6. The van der Waals surface area contributed by atoms with Gasteiger partial charge in [-0.15, -0.1) is 0 Å². The molecule has 2 aromatic carbocycles. The molecule has 1 heterocycles. The second-order valence-corrected chi connectivity index (χ2v) is 5.12. The molecule has 0 atom stereocenters. The number of anilines is 1. The summed E-state index contributed by atoms with van der Waals surface area (Å²) in [5, 5.41) is 10.8. The lowest BCUT2D eigenvalue weighted by Crippen LogP contribution is -1.97. The number of nitrogens with two attached hydrogens (primary N) is 1. The Bertz CT molecular complexity index is 810. The van der Waals surface area contributed by atoms with Crippen molar-refractivity contribution in [3.05, 3.63) is 64.8 Å². The molecule has 0 fully saturated rings. The Morgan fingerprint density at radius 1 is 1.15 bits per heavy atom. The highest BCUT2D eigenvalue weighted by Gasteiger charge is 2.08. The molecule has 0 spiro atoms. The number of hydrogen-bond acceptors (Lipinski definition) is 2. The lowest BCUT2D eigenvalue weighted by atomic mass is 10.2.